The highest BCUT2D eigenvalue weighted by Crippen LogP contribution is 2.27. The predicted octanol–water partition coefficient (Wildman–Crippen LogP) is 3.15. The molecule has 2 aromatic heterocycles. The largest absolute Gasteiger partial charge is 0.493 e. The zero-order valence-corrected chi connectivity index (χ0v) is 19.7. The summed E-state index contributed by atoms with van der Waals surface area (Å²) in [5.74, 6) is 3.12. The molecule has 0 saturated carbocycles. The zero-order chi connectivity index (χ0) is 23.1. The summed E-state index contributed by atoms with van der Waals surface area (Å²) in [5, 5.41) is 7.89. The van der Waals surface area contributed by atoms with Crippen molar-refractivity contribution in [2.45, 2.75) is 26.8 Å². The fourth-order valence-corrected chi connectivity index (χ4v) is 3.51. The van der Waals surface area contributed by atoms with E-state index in [1.165, 1.54) is 5.56 Å². The van der Waals surface area contributed by atoms with E-state index in [1.54, 1.807) is 21.3 Å². The van der Waals surface area contributed by atoms with Gasteiger partial charge in [-0.05, 0) is 55.7 Å². The number of hydrogen-bond acceptors (Lipinski definition) is 5. The Morgan fingerprint density at radius 3 is 2.41 bits per heavy atom. The second-order valence-corrected chi connectivity index (χ2v) is 7.63. The molecule has 0 aliphatic rings. The van der Waals surface area contributed by atoms with Gasteiger partial charge in [0.25, 0.3) is 0 Å². The Morgan fingerprint density at radius 1 is 1.06 bits per heavy atom. The van der Waals surface area contributed by atoms with Crippen molar-refractivity contribution in [3.63, 3.8) is 0 Å². The first-order valence-electron chi connectivity index (χ1n) is 10.6. The highest BCUT2D eigenvalue weighted by Gasteiger charge is 2.09. The maximum Gasteiger partial charge on any atom is 0.193 e. The molecule has 1 aromatic carbocycles. The minimum Gasteiger partial charge on any atom is -0.493 e. The number of nitrogens with zero attached hydrogens (tertiary/aromatic N) is 5. The Balaban J connectivity index is 1.55. The van der Waals surface area contributed by atoms with Crippen molar-refractivity contribution >= 4 is 5.96 Å². The summed E-state index contributed by atoms with van der Waals surface area (Å²) in [7, 11) is 7.11. The number of aromatic nitrogens is 3. The summed E-state index contributed by atoms with van der Waals surface area (Å²) in [6, 6.07) is 12.1. The third kappa shape index (κ3) is 5.57. The summed E-state index contributed by atoms with van der Waals surface area (Å²) in [5.41, 5.74) is 4.30. The number of hydrogen-bond donors (Lipinski definition) is 1. The van der Waals surface area contributed by atoms with Crippen LogP contribution < -0.4 is 14.8 Å². The van der Waals surface area contributed by atoms with Crippen molar-refractivity contribution in [2.75, 3.05) is 34.9 Å². The molecular weight excluding hydrogens is 404 g/mol. The summed E-state index contributed by atoms with van der Waals surface area (Å²) in [4.78, 5) is 11.1. The Morgan fingerprint density at radius 2 is 1.81 bits per heavy atom. The molecular formula is C24H32N6O2. The van der Waals surface area contributed by atoms with Crippen molar-refractivity contribution < 1.29 is 9.47 Å². The lowest BCUT2D eigenvalue weighted by Gasteiger charge is -2.22. The zero-order valence-electron chi connectivity index (χ0n) is 19.7. The Bertz CT molecular complexity index is 1060. The maximum atomic E-state index is 5.40. The molecule has 0 spiro atoms. The van der Waals surface area contributed by atoms with E-state index in [0.717, 1.165) is 53.2 Å². The summed E-state index contributed by atoms with van der Waals surface area (Å²) >= 11 is 0. The van der Waals surface area contributed by atoms with Crippen molar-refractivity contribution in [3.8, 4) is 17.3 Å². The third-order valence-electron chi connectivity index (χ3n) is 5.24. The number of likely N-dealkylation sites (N-methyl/N-ethyl adjacent to an activating group) is 1. The first-order valence-corrected chi connectivity index (χ1v) is 10.6. The lowest BCUT2D eigenvalue weighted by atomic mass is 10.1. The maximum absolute atomic E-state index is 5.40. The van der Waals surface area contributed by atoms with Crippen LogP contribution in [0.25, 0.3) is 5.82 Å². The van der Waals surface area contributed by atoms with E-state index < -0.39 is 0 Å². The van der Waals surface area contributed by atoms with Crippen LogP contribution in [0.3, 0.4) is 0 Å². The smallest absolute Gasteiger partial charge is 0.193 e. The molecule has 3 aromatic rings. The number of rotatable bonds is 8. The van der Waals surface area contributed by atoms with Gasteiger partial charge < -0.3 is 19.7 Å². The topological polar surface area (TPSA) is 76.8 Å². The van der Waals surface area contributed by atoms with Crippen molar-refractivity contribution in [3.05, 3.63) is 65.1 Å². The number of aliphatic imine (C=N–C) groups is 1. The predicted molar refractivity (Wildman–Crippen MR) is 127 cm³/mol. The van der Waals surface area contributed by atoms with Gasteiger partial charge in [-0.2, -0.15) is 5.10 Å². The molecule has 1 N–H and O–H groups in total. The normalized spacial score (nSPS) is 11.4. The van der Waals surface area contributed by atoms with E-state index in [4.69, 9.17) is 9.47 Å². The summed E-state index contributed by atoms with van der Waals surface area (Å²) in [6.07, 6.45) is 2.73. The number of ether oxygens (including phenoxy) is 2. The highest BCUT2D eigenvalue weighted by molar-refractivity contribution is 5.79. The number of nitrogens with one attached hydrogen (secondary N) is 1. The van der Waals surface area contributed by atoms with Gasteiger partial charge in [-0.15, -0.1) is 0 Å². The van der Waals surface area contributed by atoms with Gasteiger partial charge in [-0.25, -0.2) is 9.67 Å². The van der Waals surface area contributed by atoms with Gasteiger partial charge in [0.2, 0.25) is 0 Å². The molecule has 0 amide bonds. The van der Waals surface area contributed by atoms with E-state index in [-0.39, 0.29) is 0 Å². The van der Waals surface area contributed by atoms with Crippen LogP contribution in [-0.4, -0.2) is 60.5 Å². The monoisotopic (exact) mass is 436 g/mol. The van der Waals surface area contributed by atoms with Crippen LogP contribution in [-0.2, 0) is 13.0 Å². The highest BCUT2D eigenvalue weighted by atomic mass is 16.5. The van der Waals surface area contributed by atoms with Gasteiger partial charge >= 0.3 is 0 Å². The average molecular weight is 437 g/mol. The van der Waals surface area contributed by atoms with Gasteiger partial charge in [-0.3, -0.25) is 4.99 Å². The molecule has 170 valence electrons. The number of aryl methyl sites for hydroxylation is 2. The molecule has 0 saturated heterocycles. The first kappa shape index (κ1) is 23.1. The van der Waals surface area contributed by atoms with Crippen molar-refractivity contribution in [1.29, 1.82) is 0 Å². The molecule has 0 aliphatic heterocycles. The van der Waals surface area contributed by atoms with Crippen LogP contribution in [0.2, 0.25) is 0 Å². The standard InChI is InChI=1S/C24H32N6O2/c1-17-13-18(2)30(28-17)23-10-8-20(15-26-23)16-27-24(25-3)29(4)12-11-19-7-9-21(31-5)22(14-19)32-6/h7-10,13-15H,11-12,16H2,1-6H3,(H,25,27). The average Bonchev–Trinajstić information content (AvgIpc) is 3.15. The van der Waals surface area contributed by atoms with Gasteiger partial charge in [-0.1, -0.05) is 12.1 Å². The van der Waals surface area contributed by atoms with Gasteiger partial charge in [0.1, 0.15) is 0 Å². The van der Waals surface area contributed by atoms with Gasteiger partial charge in [0.05, 0.1) is 19.9 Å². The molecule has 0 radical (unpaired) electrons. The van der Waals surface area contributed by atoms with E-state index in [2.05, 4.69) is 37.4 Å². The quantitative estimate of drug-likeness (QED) is 0.432. The first-order chi connectivity index (χ1) is 15.4. The molecule has 0 fully saturated rings. The van der Waals surface area contributed by atoms with Crippen LogP contribution in [0.15, 0.2) is 47.6 Å². The molecule has 3 rings (SSSR count). The number of benzene rings is 1. The molecule has 0 aliphatic carbocycles. The fourth-order valence-electron chi connectivity index (χ4n) is 3.51. The van der Waals surface area contributed by atoms with Crippen LogP contribution >= 0.6 is 0 Å². The molecule has 2 heterocycles. The SMILES string of the molecule is CN=C(NCc1ccc(-n2nc(C)cc2C)nc1)N(C)CCc1ccc(OC)c(OC)c1. The van der Waals surface area contributed by atoms with E-state index in [0.29, 0.717) is 6.54 Å². The second kappa shape index (κ2) is 10.7. The third-order valence-corrected chi connectivity index (χ3v) is 5.24. The van der Waals surface area contributed by atoms with Crippen LogP contribution in [0.4, 0.5) is 0 Å². The van der Waals surface area contributed by atoms with E-state index in [1.807, 2.05) is 56.0 Å². The molecule has 0 bridgehead atoms. The Labute approximate surface area is 189 Å². The second-order valence-electron chi connectivity index (χ2n) is 7.63. The van der Waals surface area contributed by atoms with Crippen molar-refractivity contribution in [1.82, 2.24) is 25.0 Å². The number of methoxy groups -OCH3 is 2. The lowest BCUT2D eigenvalue weighted by molar-refractivity contribution is 0.354. The number of guanidine groups is 1. The van der Waals surface area contributed by atoms with Crippen LogP contribution in [0, 0.1) is 13.8 Å². The van der Waals surface area contributed by atoms with E-state index in [9.17, 15) is 0 Å². The Kier molecular flexibility index (Phi) is 7.70. The minimum absolute atomic E-state index is 0.637. The van der Waals surface area contributed by atoms with Crippen LogP contribution in [0.5, 0.6) is 11.5 Å². The van der Waals surface area contributed by atoms with Gasteiger partial charge in [0, 0.05) is 39.1 Å². The molecule has 0 atom stereocenters. The minimum atomic E-state index is 0.637. The number of pyridine rings is 1. The lowest BCUT2D eigenvalue weighted by Crippen LogP contribution is -2.39. The molecule has 0 unspecified atom stereocenters. The van der Waals surface area contributed by atoms with Gasteiger partial charge in [0.15, 0.2) is 23.3 Å². The van der Waals surface area contributed by atoms with E-state index >= 15 is 0 Å². The molecule has 8 nitrogen and oxygen atoms in total. The summed E-state index contributed by atoms with van der Waals surface area (Å²) in [6.45, 7) is 5.45. The molecule has 32 heavy (non-hydrogen) atoms. The van der Waals surface area contributed by atoms with Crippen molar-refractivity contribution in [2.24, 2.45) is 4.99 Å². The molecule has 8 heteroatoms. The Hall–Kier alpha value is -3.55. The van der Waals surface area contributed by atoms with Crippen LogP contribution in [0.1, 0.15) is 22.5 Å². The summed E-state index contributed by atoms with van der Waals surface area (Å²) < 4.78 is 12.6. The fraction of sp³-hybridized carbons (Fsp3) is 0.375.